The minimum atomic E-state index is -0.139. The smallest absolute Gasteiger partial charge is 0.269 e. The van der Waals surface area contributed by atoms with E-state index in [4.69, 9.17) is 4.74 Å². The van der Waals surface area contributed by atoms with Gasteiger partial charge in [-0.15, -0.1) is 11.3 Å². The van der Waals surface area contributed by atoms with Gasteiger partial charge < -0.3 is 15.0 Å². The number of nitrogens with zero attached hydrogens (tertiary/aromatic N) is 3. The summed E-state index contributed by atoms with van der Waals surface area (Å²) in [5.74, 6) is 1.00. The molecule has 146 valence electrons. The number of anilines is 1. The van der Waals surface area contributed by atoms with E-state index >= 15 is 0 Å². The Morgan fingerprint density at radius 3 is 3.14 bits per heavy atom. The molecule has 2 N–H and O–H groups in total. The summed E-state index contributed by atoms with van der Waals surface area (Å²) in [6.07, 6.45) is 4.06. The van der Waals surface area contributed by atoms with Crippen LogP contribution in [0, 0.1) is 5.92 Å². The van der Waals surface area contributed by atoms with Crippen molar-refractivity contribution in [2.75, 3.05) is 31.6 Å². The van der Waals surface area contributed by atoms with Gasteiger partial charge in [0.2, 0.25) is 0 Å². The second kappa shape index (κ2) is 8.43. The number of thiazole rings is 1. The van der Waals surface area contributed by atoms with Gasteiger partial charge in [0.25, 0.3) is 5.91 Å². The molecule has 0 saturated carbocycles. The Morgan fingerprint density at radius 1 is 1.43 bits per heavy atom. The van der Waals surface area contributed by atoms with E-state index in [9.17, 15) is 4.79 Å². The molecule has 1 aliphatic rings. The highest BCUT2D eigenvalue weighted by atomic mass is 32.1. The summed E-state index contributed by atoms with van der Waals surface area (Å²) in [6, 6.07) is 9.38. The summed E-state index contributed by atoms with van der Waals surface area (Å²) in [4.78, 5) is 19.3. The van der Waals surface area contributed by atoms with Gasteiger partial charge in [-0.3, -0.25) is 9.89 Å². The van der Waals surface area contributed by atoms with Crippen molar-refractivity contribution in [1.29, 1.82) is 0 Å². The van der Waals surface area contributed by atoms with Crippen molar-refractivity contribution >= 4 is 22.4 Å². The highest BCUT2D eigenvalue weighted by molar-refractivity contribution is 7.13. The van der Waals surface area contributed by atoms with E-state index in [-0.39, 0.29) is 5.91 Å². The Bertz CT molecular complexity index is 924. The Kier molecular flexibility index (Phi) is 5.57. The summed E-state index contributed by atoms with van der Waals surface area (Å²) >= 11 is 1.66. The maximum atomic E-state index is 12.6. The van der Waals surface area contributed by atoms with Gasteiger partial charge in [0, 0.05) is 36.8 Å². The van der Waals surface area contributed by atoms with Crippen LogP contribution in [0.4, 0.5) is 5.13 Å². The zero-order valence-electron chi connectivity index (χ0n) is 15.7. The van der Waals surface area contributed by atoms with Crippen molar-refractivity contribution in [1.82, 2.24) is 20.5 Å². The van der Waals surface area contributed by atoms with E-state index in [0.717, 1.165) is 42.4 Å². The molecule has 28 heavy (non-hydrogen) atoms. The first-order valence-corrected chi connectivity index (χ1v) is 10.2. The number of amides is 1. The van der Waals surface area contributed by atoms with Gasteiger partial charge in [-0.2, -0.15) is 5.10 Å². The number of rotatable bonds is 6. The minimum absolute atomic E-state index is 0.139. The number of piperidine rings is 1. The Labute approximate surface area is 167 Å². The molecule has 2 aromatic heterocycles. The Balaban J connectivity index is 1.36. The molecule has 1 saturated heterocycles. The van der Waals surface area contributed by atoms with Crippen LogP contribution in [-0.4, -0.2) is 47.8 Å². The zero-order chi connectivity index (χ0) is 19.3. The molecule has 0 aliphatic carbocycles. The summed E-state index contributed by atoms with van der Waals surface area (Å²) in [7, 11) is 1.62. The molecule has 0 spiro atoms. The molecule has 3 heterocycles. The molecule has 7 nitrogen and oxygen atoms in total. The lowest BCUT2D eigenvalue weighted by Gasteiger charge is -2.32. The molecule has 1 amide bonds. The van der Waals surface area contributed by atoms with Crippen molar-refractivity contribution in [3.05, 3.63) is 47.6 Å². The van der Waals surface area contributed by atoms with E-state index in [2.05, 4.69) is 25.4 Å². The molecule has 3 aromatic rings. The highest BCUT2D eigenvalue weighted by Gasteiger charge is 2.22. The average molecular weight is 398 g/mol. The van der Waals surface area contributed by atoms with E-state index in [0.29, 0.717) is 23.9 Å². The molecule has 4 rings (SSSR count). The molecule has 1 atom stereocenters. The summed E-state index contributed by atoms with van der Waals surface area (Å²) < 4.78 is 5.37. The van der Waals surface area contributed by atoms with Crippen LogP contribution in [-0.2, 0) is 0 Å². The maximum Gasteiger partial charge on any atom is 0.269 e. The number of carbonyl (C=O) groups is 1. The van der Waals surface area contributed by atoms with Crippen molar-refractivity contribution in [3.63, 3.8) is 0 Å². The number of benzene rings is 1. The van der Waals surface area contributed by atoms with Crippen LogP contribution >= 0.6 is 11.3 Å². The number of methoxy groups -OCH3 is 1. The molecule has 0 bridgehead atoms. The zero-order valence-corrected chi connectivity index (χ0v) is 16.5. The lowest BCUT2D eigenvalue weighted by Crippen LogP contribution is -2.41. The van der Waals surface area contributed by atoms with Crippen LogP contribution < -0.4 is 15.0 Å². The van der Waals surface area contributed by atoms with Gasteiger partial charge in [0.1, 0.15) is 11.4 Å². The molecule has 1 aliphatic heterocycles. The first-order chi connectivity index (χ1) is 13.7. The van der Waals surface area contributed by atoms with Crippen molar-refractivity contribution in [2.45, 2.75) is 12.8 Å². The maximum absolute atomic E-state index is 12.6. The van der Waals surface area contributed by atoms with E-state index in [1.165, 1.54) is 0 Å². The summed E-state index contributed by atoms with van der Waals surface area (Å²) in [6.45, 7) is 2.59. The van der Waals surface area contributed by atoms with Gasteiger partial charge in [0.05, 0.1) is 12.8 Å². The third kappa shape index (κ3) is 4.01. The number of aromatic nitrogens is 3. The normalized spacial score (nSPS) is 16.8. The van der Waals surface area contributed by atoms with Crippen LogP contribution in [0.5, 0.6) is 5.75 Å². The third-order valence-corrected chi connectivity index (χ3v) is 5.80. The van der Waals surface area contributed by atoms with Gasteiger partial charge in [-0.25, -0.2) is 4.98 Å². The lowest BCUT2D eigenvalue weighted by molar-refractivity contribution is 0.0940. The van der Waals surface area contributed by atoms with E-state index in [1.807, 2.05) is 35.8 Å². The van der Waals surface area contributed by atoms with E-state index < -0.39 is 0 Å². The van der Waals surface area contributed by atoms with Gasteiger partial charge in [0.15, 0.2) is 5.13 Å². The quantitative estimate of drug-likeness (QED) is 0.667. The molecular formula is C20H23N5O2S. The monoisotopic (exact) mass is 397 g/mol. The second-order valence-corrected chi connectivity index (χ2v) is 7.72. The molecule has 1 fully saturated rings. The van der Waals surface area contributed by atoms with Gasteiger partial charge in [-0.05, 0) is 37.0 Å². The lowest BCUT2D eigenvalue weighted by atomic mass is 9.98. The van der Waals surface area contributed by atoms with Crippen LogP contribution in [0.1, 0.15) is 23.3 Å². The number of ether oxygens (including phenoxy) is 1. The highest BCUT2D eigenvalue weighted by Crippen LogP contribution is 2.28. The number of aromatic amines is 1. The number of carbonyl (C=O) groups excluding carboxylic acids is 1. The van der Waals surface area contributed by atoms with Crippen molar-refractivity contribution < 1.29 is 9.53 Å². The number of para-hydroxylation sites is 1. The topological polar surface area (TPSA) is 83.1 Å². The third-order valence-electron chi connectivity index (χ3n) is 4.97. The van der Waals surface area contributed by atoms with Crippen LogP contribution in [0.25, 0.3) is 11.3 Å². The number of hydrogen-bond donors (Lipinski definition) is 2. The van der Waals surface area contributed by atoms with Crippen LogP contribution in [0.15, 0.2) is 41.9 Å². The predicted molar refractivity (Wildman–Crippen MR) is 110 cm³/mol. The minimum Gasteiger partial charge on any atom is -0.496 e. The molecule has 0 unspecified atom stereocenters. The van der Waals surface area contributed by atoms with Gasteiger partial charge in [-0.1, -0.05) is 12.1 Å². The average Bonchev–Trinajstić information content (AvgIpc) is 3.44. The standard InChI is InChI=1S/C20H23N5O2S/c1-27-18-7-3-2-6-15(18)16-11-17(24-23-16)19(26)22-12-14-5-4-9-25(13-14)20-21-8-10-28-20/h2-3,6-8,10-11,14H,4-5,9,12-13H2,1H3,(H,22,26)(H,23,24)/t14-/m1/s1. The van der Waals surface area contributed by atoms with Crippen molar-refractivity contribution in [2.24, 2.45) is 5.92 Å². The first kappa shape index (κ1) is 18.5. The summed E-state index contributed by atoms with van der Waals surface area (Å²) in [5, 5.41) is 13.2. The first-order valence-electron chi connectivity index (χ1n) is 9.36. The fourth-order valence-electron chi connectivity index (χ4n) is 3.54. The predicted octanol–water partition coefficient (Wildman–Crippen LogP) is 3.19. The fraction of sp³-hybridized carbons (Fsp3) is 0.350. The second-order valence-electron chi connectivity index (χ2n) is 6.85. The fourth-order valence-corrected chi connectivity index (χ4v) is 4.22. The number of nitrogens with one attached hydrogen (secondary N) is 2. The summed E-state index contributed by atoms with van der Waals surface area (Å²) in [5.41, 5.74) is 2.00. The largest absolute Gasteiger partial charge is 0.496 e. The van der Waals surface area contributed by atoms with Crippen LogP contribution in [0.2, 0.25) is 0 Å². The van der Waals surface area contributed by atoms with Crippen LogP contribution in [0.3, 0.4) is 0 Å². The van der Waals surface area contributed by atoms with Gasteiger partial charge >= 0.3 is 0 Å². The van der Waals surface area contributed by atoms with E-state index in [1.54, 1.807) is 24.5 Å². The number of H-pyrrole nitrogens is 1. The molecular weight excluding hydrogens is 374 g/mol. The van der Waals surface area contributed by atoms with Crippen molar-refractivity contribution in [3.8, 4) is 17.0 Å². The molecule has 0 radical (unpaired) electrons. The number of hydrogen-bond acceptors (Lipinski definition) is 6. The Morgan fingerprint density at radius 2 is 2.32 bits per heavy atom. The molecule has 1 aromatic carbocycles. The molecule has 8 heteroatoms. The SMILES string of the molecule is COc1ccccc1-c1cc(C(=O)NC[C@H]2CCCN(c3nccs3)C2)[nH]n1. The Hall–Kier alpha value is -2.87.